The molecule has 11 heteroatoms. The fourth-order valence-corrected chi connectivity index (χ4v) is 8.54. The molecule has 8 atom stereocenters. The first kappa shape index (κ1) is 35.0. The number of rotatable bonds is 7. The average Bonchev–Trinajstić information content (AvgIpc) is 3.71. The van der Waals surface area contributed by atoms with Gasteiger partial charge in [-0.1, -0.05) is 102 Å². The molecule has 260 valence electrons. The first-order valence-corrected chi connectivity index (χ1v) is 17.9. The average molecular weight is 735 g/mol. The van der Waals surface area contributed by atoms with Gasteiger partial charge in [-0.15, -0.1) is 0 Å². The molecule has 5 bridgehead atoms. The lowest BCUT2D eigenvalue weighted by Gasteiger charge is -2.39. The summed E-state index contributed by atoms with van der Waals surface area (Å²) in [6.07, 6.45) is 6.17. The summed E-state index contributed by atoms with van der Waals surface area (Å²) in [6, 6.07) is 15.8. The zero-order valence-electron chi connectivity index (χ0n) is 28.1. The van der Waals surface area contributed by atoms with Crippen LogP contribution in [0.15, 0.2) is 83.4 Å². The number of likely N-dealkylation sites (tertiary alicyclic amines) is 1. The molecule has 0 unspecified atom stereocenters. The number of carbonyl (C=O) groups excluding carboxylic acids is 4. The molecule has 4 heterocycles. The molecule has 49 heavy (non-hydrogen) atoms. The van der Waals surface area contributed by atoms with Crippen LogP contribution in [-0.2, 0) is 28.7 Å². The SMILES string of the molecule is CCCCN1C/C=C\CCC(=O)N(C)[C@H](C)[C@@H](c2ccccc2)OC(=O)[C@@H]2[C@H]3O[C@@]4(C=C3Br)[C@H](C1=O)N([C@H](CO)c1ccccc1)C(=O)[C@@H]24. The summed E-state index contributed by atoms with van der Waals surface area (Å²) in [5.74, 6) is -3.70. The molecule has 2 saturated heterocycles. The van der Waals surface area contributed by atoms with Gasteiger partial charge in [-0.05, 0) is 37.0 Å². The van der Waals surface area contributed by atoms with Crippen LogP contribution >= 0.6 is 15.9 Å². The lowest BCUT2D eigenvalue weighted by molar-refractivity contribution is -0.164. The maximum atomic E-state index is 14.9. The van der Waals surface area contributed by atoms with Crippen molar-refractivity contribution in [3.8, 4) is 0 Å². The molecular weight excluding hydrogens is 690 g/mol. The van der Waals surface area contributed by atoms with Crippen molar-refractivity contribution < 1.29 is 33.8 Å². The van der Waals surface area contributed by atoms with Crippen molar-refractivity contribution in [2.45, 2.75) is 75.5 Å². The molecule has 0 radical (unpaired) electrons. The largest absolute Gasteiger partial charge is 0.455 e. The number of benzene rings is 2. The summed E-state index contributed by atoms with van der Waals surface area (Å²) in [4.78, 5) is 62.4. The van der Waals surface area contributed by atoms with E-state index in [0.29, 0.717) is 28.6 Å². The molecule has 6 rings (SSSR count). The maximum absolute atomic E-state index is 14.9. The number of hydrogen-bond acceptors (Lipinski definition) is 7. The van der Waals surface area contributed by atoms with E-state index in [-0.39, 0.29) is 24.8 Å². The van der Waals surface area contributed by atoms with Crippen LogP contribution in [0.2, 0.25) is 0 Å². The fraction of sp³-hybridized carbons (Fsp3) is 0.474. The Morgan fingerprint density at radius 2 is 1.67 bits per heavy atom. The molecule has 1 N–H and O–H groups in total. The molecule has 4 aliphatic heterocycles. The molecule has 0 saturated carbocycles. The van der Waals surface area contributed by atoms with Crippen molar-refractivity contribution in [1.29, 1.82) is 0 Å². The van der Waals surface area contributed by atoms with E-state index in [0.717, 1.165) is 12.8 Å². The van der Waals surface area contributed by atoms with Crippen LogP contribution < -0.4 is 0 Å². The van der Waals surface area contributed by atoms with Gasteiger partial charge in [0.15, 0.2) is 0 Å². The minimum atomic E-state index is -1.48. The van der Waals surface area contributed by atoms with Crippen LogP contribution in [0.25, 0.3) is 0 Å². The summed E-state index contributed by atoms with van der Waals surface area (Å²) in [6.45, 7) is 4.15. The van der Waals surface area contributed by atoms with Crippen molar-refractivity contribution in [3.05, 3.63) is 94.5 Å². The summed E-state index contributed by atoms with van der Waals surface area (Å²) in [5.41, 5.74) is -0.110. The van der Waals surface area contributed by atoms with Crippen LogP contribution in [0.1, 0.15) is 62.8 Å². The van der Waals surface area contributed by atoms with E-state index in [2.05, 4.69) is 15.9 Å². The van der Waals surface area contributed by atoms with Crippen LogP contribution in [0.3, 0.4) is 0 Å². The molecular formula is C38H44BrN3O7. The Morgan fingerprint density at radius 3 is 2.35 bits per heavy atom. The van der Waals surface area contributed by atoms with Gasteiger partial charge in [-0.25, -0.2) is 0 Å². The van der Waals surface area contributed by atoms with Gasteiger partial charge >= 0.3 is 5.97 Å². The van der Waals surface area contributed by atoms with E-state index in [1.807, 2.05) is 86.7 Å². The molecule has 1 spiro atoms. The lowest BCUT2D eigenvalue weighted by atomic mass is 9.74. The quantitative estimate of drug-likeness (QED) is 0.324. The van der Waals surface area contributed by atoms with Gasteiger partial charge in [0, 0.05) is 31.0 Å². The second-order valence-electron chi connectivity index (χ2n) is 13.3. The third kappa shape index (κ3) is 6.25. The molecule has 4 aliphatic rings. The lowest BCUT2D eigenvalue weighted by Crippen LogP contribution is -2.57. The summed E-state index contributed by atoms with van der Waals surface area (Å²) in [5, 5.41) is 10.8. The Balaban J connectivity index is 1.50. The smallest absolute Gasteiger partial charge is 0.313 e. The molecule has 0 aromatic heterocycles. The predicted octanol–water partition coefficient (Wildman–Crippen LogP) is 4.70. The normalized spacial score (nSPS) is 31.9. The Hall–Kier alpha value is -3.80. The van der Waals surface area contributed by atoms with Gasteiger partial charge in [0.1, 0.15) is 29.8 Å². The summed E-state index contributed by atoms with van der Waals surface area (Å²) >= 11 is 3.62. The highest BCUT2D eigenvalue weighted by Crippen LogP contribution is 2.60. The molecule has 0 aliphatic carbocycles. The van der Waals surface area contributed by atoms with Gasteiger partial charge in [-0.2, -0.15) is 0 Å². The fourth-order valence-electron chi connectivity index (χ4n) is 7.81. The first-order valence-electron chi connectivity index (χ1n) is 17.1. The first-order chi connectivity index (χ1) is 23.6. The number of cyclic esters (lactones) is 1. The summed E-state index contributed by atoms with van der Waals surface area (Å²) in [7, 11) is 1.70. The van der Waals surface area contributed by atoms with E-state index in [4.69, 9.17) is 9.47 Å². The third-order valence-electron chi connectivity index (χ3n) is 10.5. The van der Waals surface area contributed by atoms with Crippen LogP contribution in [-0.4, -0.2) is 94.0 Å². The standard InChI is InChI=1S/C38H44BrN3O7/c1-4-5-20-41-21-14-8-13-19-29(44)40(3)24(2)32(26-17-11-7-12-18-26)48-37(47)30-31-35(45)42(28(23-43)25-15-9-6-10-16-25)34(36(41)46)38(31)22-27(39)33(30)49-38/h6-12,14-18,22,24,28,30-34,43H,4-5,13,19-21,23H2,1-3H3/b14-8-/t24-,28-,30+,31-,32+,33+,34+,38-/m1/s1. The van der Waals surface area contributed by atoms with Crippen LogP contribution in [0.4, 0.5) is 0 Å². The number of likely N-dealkylation sites (N-methyl/N-ethyl adjacent to an activating group) is 1. The number of ether oxygens (including phenoxy) is 2. The van der Waals surface area contributed by atoms with Gasteiger partial charge in [-0.3, -0.25) is 19.2 Å². The zero-order chi connectivity index (χ0) is 34.9. The van der Waals surface area contributed by atoms with Gasteiger partial charge in [0.2, 0.25) is 17.7 Å². The van der Waals surface area contributed by atoms with Gasteiger partial charge in [0.25, 0.3) is 0 Å². The number of fused-ring (bicyclic) bond motifs is 2. The van der Waals surface area contributed by atoms with Crippen molar-refractivity contribution >= 4 is 39.6 Å². The molecule has 2 aromatic rings. The van der Waals surface area contributed by atoms with Gasteiger partial charge in [0.05, 0.1) is 24.6 Å². The van der Waals surface area contributed by atoms with Crippen molar-refractivity contribution in [3.63, 3.8) is 0 Å². The maximum Gasteiger partial charge on any atom is 0.313 e. The Bertz CT molecular complexity index is 1620. The second-order valence-corrected chi connectivity index (χ2v) is 14.3. The van der Waals surface area contributed by atoms with E-state index < -0.39 is 66.3 Å². The van der Waals surface area contributed by atoms with Crippen LogP contribution in [0, 0.1) is 11.8 Å². The van der Waals surface area contributed by atoms with Crippen molar-refractivity contribution in [2.24, 2.45) is 11.8 Å². The summed E-state index contributed by atoms with van der Waals surface area (Å²) < 4.78 is 13.6. The van der Waals surface area contributed by atoms with Crippen molar-refractivity contribution in [1.82, 2.24) is 14.7 Å². The third-order valence-corrected chi connectivity index (χ3v) is 11.2. The van der Waals surface area contributed by atoms with Crippen LogP contribution in [0.5, 0.6) is 0 Å². The number of aliphatic hydroxyl groups is 1. The van der Waals surface area contributed by atoms with Crippen molar-refractivity contribution in [2.75, 3.05) is 26.7 Å². The van der Waals surface area contributed by atoms with E-state index >= 15 is 0 Å². The number of unbranched alkanes of at least 4 members (excludes halogenated alkanes) is 1. The van der Waals surface area contributed by atoms with E-state index in [1.54, 1.807) is 22.9 Å². The second kappa shape index (κ2) is 14.6. The topological polar surface area (TPSA) is 117 Å². The minimum absolute atomic E-state index is 0.105. The van der Waals surface area contributed by atoms with Gasteiger partial charge < -0.3 is 29.3 Å². The number of amides is 3. The Labute approximate surface area is 295 Å². The molecule has 3 amide bonds. The van der Waals surface area contributed by atoms with E-state index in [1.165, 1.54) is 4.90 Å². The number of esters is 1. The zero-order valence-corrected chi connectivity index (χ0v) is 29.7. The predicted molar refractivity (Wildman–Crippen MR) is 186 cm³/mol. The minimum Gasteiger partial charge on any atom is -0.455 e. The molecule has 2 fully saturated rings. The van der Waals surface area contributed by atoms with E-state index in [9.17, 15) is 24.3 Å². The highest BCUT2D eigenvalue weighted by atomic mass is 79.9. The Kier molecular flexibility index (Phi) is 10.4. The molecule has 2 aromatic carbocycles. The highest BCUT2D eigenvalue weighted by Gasteiger charge is 2.75. The number of carbonyl (C=O) groups is 4. The number of allylic oxidation sites excluding steroid dienone is 1. The highest BCUT2D eigenvalue weighted by molar-refractivity contribution is 9.11. The molecule has 10 nitrogen and oxygen atoms in total. The monoisotopic (exact) mass is 733 g/mol. The number of halogens is 1. The number of nitrogens with zero attached hydrogens (tertiary/aromatic N) is 3. The Morgan fingerprint density at radius 1 is 0.980 bits per heavy atom. The number of aliphatic hydroxyl groups excluding tert-OH is 1. The number of hydrogen-bond donors (Lipinski definition) is 1.